The van der Waals surface area contributed by atoms with Gasteiger partial charge in [-0.3, -0.25) is 0 Å². The fourth-order valence-electron chi connectivity index (χ4n) is 2.48. The molecule has 19 heavy (non-hydrogen) atoms. The topological polar surface area (TPSA) is 74.2 Å². The molecule has 0 aliphatic heterocycles. The van der Waals surface area contributed by atoms with Crippen molar-refractivity contribution >= 4 is 0 Å². The molecule has 1 aromatic rings. The first-order valence-electron chi connectivity index (χ1n) is 7.01. The lowest BCUT2D eigenvalue weighted by Crippen LogP contribution is -2.37. The molecule has 1 aliphatic rings. The molecule has 0 spiro atoms. The Hall–Kier alpha value is -0.940. The number of rotatable bonds is 4. The summed E-state index contributed by atoms with van der Waals surface area (Å²) < 4.78 is 11.0. The molecule has 0 aromatic carbocycles. The summed E-state index contributed by atoms with van der Waals surface area (Å²) in [6.45, 7) is 6.34. The van der Waals surface area contributed by atoms with Gasteiger partial charge in [-0.25, -0.2) is 0 Å². The van der Waals surface area contributed by atoms with Gasteiger partial charge >= 0.3 is 0 Å². The molecule has 1 aromatic heterocycles. The Morgan fingerprint density at radius 3 is 2.53 bits per heavy atom. The van der Waals surface area contributed by atoms with Crippen LogP contribution in [0.5, 0.6) is 0 Å². The van der Waals surface area contributed by atoms with Gasteiger partial charge in [-0.15, -0.1) is 0 Å². The summed E-state index contributed by atoms with van der Waals surface area (Å²) in [5.41, 5.74) is 5.84. The third-order valence-corrected chi connectivity index (χ3v) is 4.18. The summed E-state index contributed by atoms with van der Waals surface area (Å²) in [5.74, 6) is 1.30. The highest BCUT2D eigenvalue weighted by Crippen LogP contribution is 2.40. The summed E-state index contributed by atoms with van der Waals surface area (Å²) >= 11 is 0. The Morgan fingerprint density at radius 2 is 2.00 bits per heavy atom. The molecule has 5 nitrogen and oxygen atoms in total. The van der Waals surface area contributed by atoms with E-state index in [0.717, 1.165) is 25.7 Å². The summed E-state index contributed by atoms with van der Waals surface area (Å²) in [6.07, 6.45) is 4.84. The van der Waals surface area contributed by atoms with Gasteiger partial charge in [0, 0.05) is 19.6 Å². The van der Waals surface area contributed by atoms with Gasteiger partial charge in [0.15, 0.2) is 0 Å². The molecule has 0 radical (unpaired) electrons. The lowest BCUT2D eigenvalue weighted by atomic mass is 9.85. The predicted octanol–water partition coefficient (Wildman–Crippen LogP) is 2.40. The molecule has 0 saturated heterocycles. The van der Waals surface area contributed by atoms with E-state index in [9.17, 15) is 0 Å². The lowest BCUT2D eigenvalue weighted by molar-refractivity contribution is -0.0178. The van der Waals surface area contributed by atoms with E-state index >= 15 is 0 Å². The zero-order chi connectivity index (χ0) is 14.1. The monoisotopic (exact) mass is 267 g/mol. The van der Waals surface area contributed by atoms with Crippen molar-refractivity contribution in [1.29, 1.82) is 0 Å². The second-order valence-electron chi connectivity index (χ2n) is 6.59. The summed E-state index contributed by atoms with van der Waals surface area (Å²) in [4.78, 5) is 4.51. The highest BCUT2D eigenvalue weighted by atomic mass is 16.5. The minimum Gasteiger partial charge on any atom is -0.370 e. The molecule has 1 fully saturated rings. The highest BCUT2D eigenvalue weighted by Gasteiger charge is 2.40. The molecule has 1 saturated carbocycles. The van der Waals surface area contributed by atoms with Crippen LogP contribution in [0.15, 0.2) is 4.52 Å². The van der Waals surface area contributed by atoms with E-state index in [0.29, 0.717) is 18.1 Å². The average Bonchev–Trinajstić information content (AvgIpc) is 2.96. The van der Waals surface area contributed by atoms with Crippen molar-refractivity contribution in [3.8, 4) is 0 Å². The van der Waals surface area contributed by atoms with E-state index < -0.39 is 0 Å². The first kappa shape index (κ1) is 14.5. The molecule has 1 unspecified atom stereocenters. The van der Waals surface area contributed by atoms with Gasteiger partial charge in [-0.1, -0.05) is 25.9 Å². The van der Waals surface area contributed by atoms with E-state index in [4.69, 9.17) is 15.0 Å². The maximum atomic E-state index is 6.15. The van der Waals surface area contributed by atoms with E-state index in [-0.39, 0.29) is 17.1 Å². The minimum atomic E-state index is -0.340. The van der Waals surface area contributed by atoms with Crippen molar-refractivity contribution in [3.63, 3.8) is 0 Å². The number of hydrogen-bond donors (Lipinski definition) is 1. The van der Waals surface area contributed by atoms with Crippen LogP contribution >= 0.6 is 0 Å². The molecule has 1 atom stereocenters. The highest BCUT2D eigenvalue weighted by molar-refractivity contribution is 5.05. The smallest absolute Gasteiger partial charge is 0.228 e. The third kappa shape index (κ3) is 2.98. The van der Waals surface area contributed by atoms with Crippen molar-refractivity contribution in [2.75, 3.05) is 7.11 Å². The van der Waals surface area contributed by atoms with Crippen molar-refractivity contribution in [2.45, 2.75) is 64.5 Å². The van der Waals surface area contributed by atoms with Crippen LogP contribution in [0.1, 0.15) is 58.2 Å². The van der Waals surface area contributed by atoms with Crippen molar-refractivity contribution < 1.29 is 9.26 Å². The number of nitrogens with two attached hydrogens (primary N) is 1. The number of ether oxygens (including phenoxy) is 1. The van der Waals surface area contributed by atoms with Gasteiger partial charge in [0.1, 0.15) is 5.60 Å². The van der Waals surface area contributed by atoms with Crippen LogP contribution in [0.4, 0.5) is 0 Å². The van der Waals surface area contributed by atoms with Crippen LogP contribution in [0.25, 0.3) is 0 Å². The fraction of sp³-hybridized carbons (Fsp3) is 0.857. The van der Waals surface area contributed by atoms with Crippen LogP contribution < -0.4 is 5.73 Å². The number of hydrogen-bond acceptors (Lipinski definition) is 5. The SMILES string of the molecule is COC1(c2noc(CC(N)C(C)(C)C)n2)CCCC1. The lowest BCUT2D eigenvalue weighted by Gasteiger charge is -2.25. The molecule has 0 amide bonds. The van der Waals surface area contributed by atoms with Gasteiger partial charge in [-0.05, 0) is 31.1 Å². The molecule has 108 valence electrons. The first-order valence-corrected chi connectivity index (χ1v) is 7.01. The Balaban J connectivity index is 2.11. The van der Waals surface area contributed by atoms with Gasteiger partial charge in [0.25, 0.3) is 0 Å². The van der Waals surface area contributed by atoms with Crippen molar-refractivity contribution in [3.05, 3.63) is 11.7 Å². The second kappa shape index (κ2) is 5.21. The third-order valence-electron chi connectivity index (χ3n) is 4.18. The Kier molecular flexibility index (Phi) is 3.97. The molecule has 5 heteroatoms. The molecular formula is C14H25N3O2. The quantitative estimate of drug-likeness (QED) is 0.906. The molecule has 1 aliphatic carbocycles. The fourth-order valence-corrected chi connectivity index (χ4v) is 2.48. The van der Waals surface area contributed by atoms with Gasteiger partial charge in [0.2, 0.25) is 11.7 Å². The molecule has 1 heterocycles. The minimum absolute atomic E-state index is 0.00266. The normalized spacial score (nSPS) is 20.7. The zero-order valence-corrected chi connectivity index (χ0v) is 12.4. The largest absolute Gasteiger partial charge is 0.370 e. The molecule has 2 N–H and O–H groups in total. The zero-order valence-electron chi connectivity index (χ0n) is 12.4. The molecule has 0 bridgehead atoms. The van der Waals surface area contributed by atoms with Gasteiger partial charge in [0.05, 0.1) is 0 Å². The number of aromatic nitrogens is 2. The first-order chi connectivity index (χ1) is 8.87. The van der Waals surface area contributed by atoms with Crippen molar-refractivity contribution in [1.82, 2.24) is 10.1 Å². The van der Waals surface area contributed by atoms with Gasteiger partial charge in [-0.2, -0.15) is 4.98 Å². The standard InChI is InChI=1S/C14H25N3O2/c1-13(2,3)10(15)9-11-16-12(17-19-11)14(18-4)7-5-6-8-14/h10H,5-9,15H2,1-4H3. The van der Waals surface area contributed by atoms with Crippen LogP contribution in [0.2, 0.25) is 0 Å². The maximum absolute atomic E-state index is 6.15. The van der Waals surface area contributed by atoms with E-state index in [1.807, 2.05) is 0 Å². The van der Waals surface area contributed by atoms with Crippen molar-refractivity contribution in [2.24, 2.45) is 11.1 Å². The Morgan fingerprint density at radius 1 is 1.37 bits per heavy atom. The summed E-state index contributed by atoms with van der Waals surface area (Å²) in [5, 5.41) is 4.11. The molecular weight excluding hydrogens is 242 g/mol. The predicted molar refractivity (Wildman–Crippen MR) is 72.6 cm³/mol. The summed E-state index contributed by atoms with van der Waals surface area (Å²) in [6, 6.07) is 0.00266. The van der Waals surface area contributed by atoms with Crippen LogP contribution in [0.3, 0.4) is 0 Å². The number of methoxy groups -OCH3 is 1. The maximum Gasteiger partial charge on any atom is 0.228 e. The van der Waals surface area contributed by atoms with Crippen LogP contribution in [-0.4, -0.2) is 23.3 Å². The Labute approximate surface area is 114 Å². The van der Waals surface area contributed by atoms with E-state index in [1.165, 1.54) is 0 Å². The van der Waals surface area contributed by atoms with Gasteiger partial charge < -0.3 is 15.0 Å². The van der Waals surface area contributed by atoms with E-state index in [2.05, 4.69) is 30.9 Å². The average molecular weight is 267 g/mol. The Bertz CT molecular complexity index is 417. The number of nitrogens with zero attached hydrogens (tertiary/aromatic N) is 2. The van der Waals surface area contributed by atoms with E-state index in [1.54, 1.807) is 7.11 Å². The second-order valence-corrected chi connectivity index (χ2v) is 6.59. The molecule has 2 rings (SSSR count). The van der Waals surface area contributed by atoms with Crippen LogP contribution in [0, 0.1) is 5.41 Å². The summed E-state index contributed by atoms with van der Waals surface area (Å²) in [7, 11) is 1.72. The van der Waals surface area contributed by atoms with Crippen LogP contribution in [-0.2, 0) is 16.8 Å².